The van der Waals surface area contributed by atoms with E-state index in [9.17, 15) is 0 Å². The van der Waals surface area contributed by atoms with Crippen molar-refractivity contribution in [2.75, 3.05) is 20.7 Å². The van der Waals surface area contributed by atoms with E-state index in [2.05, 4.69) is 55.4 Å². The van der Waals surface area contributed by atoms with Crippen LogP contribution in [0, 0.1) is 0 Å². The van der Waals surface area contributed by atoms with Crippen LogP contribution in [0.3, 0.4) is 0 Å². The summed E-state index contributed by atoms with van der Waals surface area (Å²) in [5.74, 6) is 0. The third-order valence-corrected chi connectivity index (χ3v) is 2.88. The van der Waals surface area contributed by atoms with Gasteiger partial charge in [0.2, 0.25) is 0 Å². The van der Waals surface area contributed by atoms with Crippen molar-refractivity contribution in [3.8, 4) is 0 Å². The molecule has 0 saturated heterocycles. The maximum atomic E-state index is 8.79. The molecule has 0 spiro atoms. The van der Waals surface area contributed by atoms with Gasteiger partial charge in [0.05, 0.1) is 0 Å². The van der Waals surface area contributed by atoms with Crippen molar-refractivity contribution in [3.63, 3.8) is 0 Å². The quantitative estimate of drug-likeness (QED) is 0.732. The average molecular weight is 233 g/mol. The Balaban J connectivity index is 2.51. The molecule has 1 N–H and O–H groups in total. The Morgan fingerprint density at radius 3 is 2.47 bits per heavy atom. The van der Waals surface area contributed by atoms with Crippen molar-refractivity contribution in [2.45, 2.75) is 25.3 Å². The lowest BCUT2D eigenvalue weighted by Gasteiger charge is -2.20. The van der Waals surface area contributed by atoms with E-state index in [0.29, 0.717) is 12.6 Å². The second-order valence-electron chi connectivity index (χ2n) is 4.52. The predicted molar refractivity (Wildman–Crippen MR) is 73.9 cm³/mol. The molecule has 0 heterocycles. The third kappa shape index (κ3) is 5.66. The first kappa shape index (κ1) is 13.9. The highest BCUT2D eigenvalue weighted by molar-refractivity contribution is 5.49. The SMILES string of the molecule is CN(C)C(C=Cc1ccccc1)CCCCO. The fraction of sp³-hybridized carbons (Fsp3) is 0.467. The number of benzene rings is 1. The molecule has 1 atom stereocenters. The summed E-state index contributed by atoms with van der Waals surface area (Å²) in [5.41, 5.74) is 1.24. The van der Waals surface area contributed by atoms with Gasteiger partial charge in [-0.3, -0.25) is 0 Å². The maximum Gasteiger partial charge on any atom is 0.0431 e. The molecule has 1 rings (SSSR count). The van der Waals surface area contributed by atoms with Gasteiger partial charge in [-0.2, -0.15) is 0 Å². The Bertz CT molecular complexity index is 319. The topological polar surface area (TPSA) is 23.5 Å². The van der Waals surface area contributed by atoms with E-state index in [1.54, 1.807) is 0 Å². The molecule has 2 heteroatoms. The molecule has 1 aromatic carbocycles. The molecule has 0 fully saturated rings. The van der Waals surface area contributed by atoms with Crippen LogP contribution in [-0.4, -0.2) is 36.8 Å². The van der Waals surface area contributed by atoms with Gasteiger partial charge < -0.3 is 10.0 Å². The van der Waals surface area contributed by atoms with Crippen LogP contribution in [-0.2, 0) is 0 Å². The number of hydrogen-bond acceptors (Lipinski definition) is 2. The van der Waals surface area contributed by atoms with E-state index in [4.69, 9.17) is 5.11 Å². The number of rotatable bonds is 7. The van der Waals surface area contributed by atoms with Crippen molar-refractivity contribution >= 4 is 6.08 Å². The lowest BCUT2D eigenvalue weighted by molar-refractivity contribution is 0.268. The van der Waals surface area contributed by atoms with E-state index in [1.807, 2.05) is 6.07 Å². The molecule has 0 amide bonds. The summed E-state index contributed by atoms with van der Waals surface area (Å²) in [6, 6.07) is 10.8. The normalized spacial score (nSPS) is 13.4. The number of aliphatic hydroxyl groups excluding tert-OH is 1. The summed E-state index contributed by atoms with van der Waals surface area (Å²) in [4.78, 5) is 2.22. The zero-order chi connectivity index (χ0) is 12.5. The highest BCUT2D eigenvalue weighted by Crippen LogP contribution is 2.10. The van der Waals surface area contributed by atoms with Gasteiger partial charge in [0.25, 0.3) is 0 Å². The number of unbranched alkanes of at least 4 members (excludes halogenated alkanes) is 1. The van der Waals surface area contributed by atoms with E-state index in [-0.39, 0.29) is 0 Å². The number of hydrogen-bond donors (Lipinski definition) is 1. The van der Waals surface area contributed by atoms with Crippen LogP contribution in [0.25, 0.3) is 6.08 Å². The Kier molecular flexibility index (Phi) is 6.60. The average Bonchev–Trinajstić information content (AvgIpc) is 2.34. The first-order valence-electron chi connectivity index (χ1n) is 6.24. The Morgan fingerprint density at radius 1 is 1.18 bits per heavy atom. The van der Waals surface area contributed by atoms with Gasteiger partial charge in [-0.05, 0) is 38.9 Å². The molecule has 0 saturated carbocycles. The largest absolute Gasteiger partial charge is 0.396 e. The summed E-state index contributed by atoms with van der Waals surface area (Å²) in [5, 5.41) is 8.79. The first-order chi connectivity index (χ1) is 8.24. The minimum Gasteiger partial charge on any atom is -0.396 e. The van der Waals surface area contributed by atoms with E-state index >= 15 is 0 Å². The van der Waals surface area contributed by atoms with E-state index in [1.165, 1.54) is 5.56 Å². The highest BCUT2D eigenvalue weighted by Gasteiger charge is 2.06. The Morgan fingerprint density at radius 2 is 1.88 bits per heavy atom. The van der Waals surface area contributed by atoms with Gasteiger partial charge in [-0.1, -0.05) is 42.5 Å². The van der Waals surface area contributed by atoms with Gasteiger partial charge in [0.1, 0.15) is 0 Å². The van der Waals surface area contributed by atoms with Crippen LogP contribution in [0.1, 0.15) is 24.8 Å². The van der Waals surface area contributed by atoms with Crippen molar-refractivity contribution in [1.82, 2.24) is 4.90 Å². The number of aliphatic hydroxyl groups is 1. The fourth-order valence-electron chi connectivity index (χ4n) is 1.78. The molecule has 17 heavy (non-hydrogen) atoms. The van der Waals surface area contributed by atoms with Crippen LogP contribution >= 0.6 is 0 Å². The minimum absolute atomic E-state index is 0.294. The van der Waals surface area contributed by atoms with Gasteiger partial charge in [0, 0.05) is 12.6 Å². The van der Waals surface area contributed by atoms with Crippen LogP contribution < -0.4 is 0 Å². The standard InChI is InChI=1S/C15H23NO/c1-16(2)15(10-6-7-13-17)12-11-14-8-4-3-5-9-14/h3-5,8-9,11-12,15,17H,6-7,10,13H2,1-2H3. The Labute approximate surface area is 105 Å². The van der Waals surface area contributed by atoms with Crippen molar-refractivity contribution in [3.05, 3.63) is 42.0 Å². The second-order valence-corrected chi connectivity index (χ2v) is 4.52. The van der Waals surface area contributed by atoms with Crippen LogP contribution in [0.2, 0.25) is 0 Å². The van der Waals surface area contributed by atoms with E-state index < -0.39 is 0 Å². The maximum absolute atomic E-state index is 8.79. The van der Waals surface area contributed by atoms with Crippen molar-refractivity contribution in [1.29, 1.82) is 0 Å². The summed E-state index contributed by atoms with van der Waals surface area (Å²) in [6.45, 7) is 0.294. The predicted octanol–water partition coefficient (Wildman–Crippen LogP) is 2.79. The number of nitrogens with zero attached hydrogens (tertiary/aromatic N) is 1. The first-order valence-corrected chi connectivity index (χ1v) is 6.24. The molecule has 0 aliphatic heterocycles. The molecular formula is C15H23NO. The summed E-state index contributed by atoms with van der Waals surface area (Å²) in [7, 11) is 4.19. The number of likely N-dealkylation sites (N-methyl/N-ethyl adjacent to an activating group) is 1. The summed E-state index contributed by atoms with van der Waals surface area (Å²) >= 11 is 0. The van der Waals surface area contributed by atoms with Crippen LogP contribution in [0.5, 0.6) is 0 Å². The molecule has 1 aromatic rings. The van der Waals surface area contributed by atoms with Gasteiger partial charge in [0.15, 0.2) is 0 Å². The lowest BCUT2D eigenvalue weighted by atomic mass is 10.1. The van der Waals surface area contributed by atoms with Gasteiger partial charge >= 0.3 is 0 Å². The molecule has 0 aromatic heterocycles. The smallest absolute Gasteiger partial charge is 0.0431 e. The van der Waals surface area contributed by atoms with Crippen molar-refractivity contribution < 1.29 is 5.11 Å². The van der Waals surface area contributed by atoms with Crippen LogP contribution in [0.15, 0.2) is 36.4 Å². The fourth-order valence-corrected chi connectivity index (χ4v) is 1.78. The third-order valence-electron chi connectivity index (χ3n) is 2.88. The molecule has 2 nitrogen and oxygen atoms in total. The van der Waals surface area contributed by atoms with E-state index in [0.717, 1.165) is 19.3 Å². The molecular weight excluding hydrogens is 210 g/mol. The molecule has 0 bridgehead atoms. The zero-order valence-corrected chi connectivity index (χ0v) is 10.8. The highest BCUT2D eigenvalue weighted by atomic mass is 16.2. The molecule has 1 unspecified atom stereocenters. The molecule has 0 aliphatic carbocycles. The Hall–Kier alpha value is -1.12. The van der Waals surface area contributed by atoms with Crippen molar-refractivity contribution in [2.24, 2.45) is 0 Å². The minimum atomic E-state index is 0.294. The summed E-state index contributed by atoms with van der Waals surface area (Å²) < 4.78 is 0. The molecule has 0 aliphatic rings. The summed E-state index contributed by atoms with van der Waals surface area (Å²) in [6.07, 6.45) is 7.47. The van der Waals surface area contributed by atoms with Crippen LogP contribution in [0.4, 0.5) is 0 Å². The van der Waals surface area contributed by atoms with Gasteiger partial charge in [-0.15, -0.1) is 0 Å². The molecule has 94 valence electrons. The lowest BCUT2D eigenvalue weighted by Crippen LogP contribution is -2.25. The second kappa shape index (κ2) is 8.04. The van der Waals surface area contributed by atoms with Gasteiger partial charge in [-0.25, -0.2) is 0 Å². The monoisotopic (exact) mass is 233 g/mol. The zero-order valence-electron chi connectivity index (χ0n) is 10.8. The molecule has 0 radical (unpaired) electrons.